The number of unbranched alkanes of at least 4 members (excludes halogenated alkanes) is 1. The lowest BCUT2D eigenvalue weighted by Gasteiger charge is -1.99. The first-order chi connectivity index (χ1) is 9.15. The lowest BCUT2D eigenvalue weighted by Crippen LogP contribution is -2.00. The molecule has 1 heterocycles. The number of nitrogens with zero attached hydrogens (tertiary/aromatic N) is 3. The molecule has 1 aromatic heterocycles. The number of hydrogen-bond donors (Lipinski definition) is 0. The zero-order valence-corrected chi connectivity index (χ0v) is 11.3. The van der Waals surface area contributed by atoms with Crippen molar-refractivity contribution in [3.05, 3.63) is 45.6 Å². The van der Waals surface area contributed by atoms with Gasteiger partial charge in [-0.15, -0.1) is 0 Å². The van der Waals surface area contributed by atoms with Crippen LogP contribution in [0.25, 0.3) is 11.3 Å². The Balaban J connectivity index is 2.51. The Bertz CT molecular complexity index is 581. The minimum atomic E-state index is -0.472. The van der Waals surface area contributed by atoms with Crippen molar-refractivity contribution >= 4 is 17.3 Å². The molecular weight excluding hydrogens is 266 g/mol. The van der Waals surface area contributed by atoms with E-state index in [0.29, 0.717) is 17.8 Å². The van der Waals surface area contributed by atoms with Crippen LogP contribution in [0, 0.1) is 10.1 Å². The predicted octanol–water partition coefficient (Wildman–Crippen LogP) is 3.91. The largest absolute Gasteiger partial charge is 0.333 e. The fraction of sp³-hybridized carbons (Fsp3) is 0.308. The summed E-state index contributed by atoms with van der Waals surface area (Å²) in [5.74, 6) is 0. The highest BCUT2D eigenvalue weighted by molar-refractivity contribution is 6.32. The molecule has 0 fully saturated rings. The molecule has 0 aliphatic heterocycles. The average Bonchev–Trinajstić information content (AvgIpc) is 2.74. The van der Waals surface area contributed by atoms with Crippen LogP contribution in [0.3, 0.4) is 0 Å². The van der Waals surface area contributed by atoms with Crippen LogP contribution in [0.2, 0.25) is 5.15 Å². The average molecular weight is 280 g/mol. The Morgan fingerprint density at radius 2 is 2.05 bits per heavy atom. The number of hydrogen-bond acceptors (Lipinski definition) is 3. The molecule has 0 aliphatic carbocycles. The lowest BCUT2D eigenvalue weighted by molar-refractivity contribution is -0.384. The zero-order chi connectivity index (χ0) is 13.8. The van der Waals surface area contributed by atoms with E-state index in [9.17, 15) is 10.1 Å². The van der Waals surface area contributed by atoms with Gasteiger partial charge in [-0.1, -0.05) is 55.3 Å². The Labute approximate surface area is 116 Å². The van der Waals surface area contributed by atoms with Gasteiger partial charge in [0.2, 0.25) is 5.15 Å². The van der Waals surface area contributed by atoms with Crippen molar-refractivity contribution in [1.82, 2.24) is 9.78 Å². The Kier molecular flexibility index (Phi) is 4.16. The summed E-state index contributed by atoms with van der Waals surface area (Å²) < 4.78 is 1.51. The predicted molar refractivity (Wildman–Crippen MR) is 74.2 cm³/mol. The molecule has 0 saturated heterocycles. The van der Waals surface area contributed by atoms with Crippen LogP contribution in [0.4, 0.5) is 5.69 Å². The summed E-state index contributed by atoms with van der Waals surface area (Å²) in [6.45, 7) is 2.63. The van der Waals surface area contributed by atoms with Crippen molar-refractivity contribution in [1.29, 1.82) is 0 Å². The summed E-state index contributed by atoms with van der Waals surface area (Å²) in [6, 6.07) is 9.06. The smallest absolute Gasteiger partial charge is 0.258 e. The van der Waals surface area contributed by atoms with Gasteiger partial charge in [0.1, 0.15) is 0 Å². The third kappa shape index (κ3) is 2.76. The van der Waals surface area contributed by atoms with Crippen molar-refractivity contribution in [2.45, 2.75) is 26.3 Å². The summed E-state index contributed by atoms with van der Waals surface area (Å²) >= 11 is 6.07. The van der Waals surface area contributed by atoms with Gasteiger partial charge < -0.3 is 0 Å². The summed E-state index contributed by atoms with van der Waals surface area (Å²) in [7, 11) is 0. The summed E-state index contributed by atoms with van der Waals surface area (Å²) in [6.07, 6.45) is 1.86. The molecule has 100 valence electrons. The minimum absolute atomic E-state index is 0.0947. The van der Waals surface area contributed by atoms with Gasteiger partial charge in [0.05, 0.1) is 4.92 Å². The first-order valence-electron chi connectivity index (χ1n) is 6.11. The molecule has 6 heteroatoms. The molecule has 0 bridgehead atoms. The fourth-order valence-electron chi connectivity index (χ4n) is 1.84. The summed E-state index contributed by atoms with van der Waals surface area (Å²) in [5, 5.41) is 15.5. The van der Waals surface area contributed by atoms with Gasteiger partial charge in [-0.2, -0.15) is 5.10 Å². The topological polar surface area (TPSA) is 61.0 Å². The van der Waals surface area contributed by atoms with Crippen LogP contribution in [-0.2, 0) is 6.54 Å². The second kappa shape index (κ2) is 5.84. The van der Waals surface area contributed by atoms with Crippen molar-refractivity contribution in [2.75, 3.05) is 0 Å². The van der Waals surface area contributed by atoms with E-state index in [1.165, 1.54) is 4.68 Å². The lowest BCUT2D eigenvalue weighted by atomic mass is 10.1. The Hall–Kier alpha value is -1.88. The van der Waals surface area contributed by atoms with Crippen LogP contribution in [0.1, 0.15) is 19.8 Å². The standard InChI is InChI=1S/C13H14ClN3O2/c1-2-3-9-16-13(14)12(17(18)19)11(15-16)10-7-5-4-6-8-10/h4-8H,2-3,9H2,1H3. The highest BCUT2D eigenvalue weighted by Crippen LogP contribution is 2.35. The fourth-order valence-corrected chi connectivity index (χ4v) is 2.12. The van der Waals surface area contributed by atoms with Crippen LogP contribution in [0.15, 0.2) is 30.3 Å². The normalized spacial score (nSPS) is 10.6. The molecule has 0 unspecified atom stereocenters. The van der Waals surface area contributed by atoms with Crippen molar-refractivity contribution in [2.24, 2.45) is 0 Å². The van der Waals surface area contributed by atoms with Crippen molar-refractivity contribution < 1.29 is 4.92 Å². The number of benzene rings is 1. The van der Waals surface area contributed by atoms with E-state index in [4.69, 9.17) is 11.6 Å². The molecule has 0 aliphatic rings. The Morgan fingerprint density at radius 1 is 1.37 bits per heavy atom. The van der Waals surface area contributed by atoms with E-state index < -0.39 is 4.92 Å². The quantitative estimate of drug-likeness (QED) is 0.616. The highest BCUT2D eigenvalue weighted by atomic mass is 35.5. The van der Waals surface area contributed by atoms with Crippen LogP contribution in [-0.4, -0.2) is 14.7 Å². The second-order valence-electron chi connectivity index (χ2n) is 4.19. The maximum absolute atomic E-state index is 11.2. The molecule has 0 N–H and O–H groups in total. The molecule has 0 amide bonds. The molecule has 1 aromatic carbocycles. The first kappa shape index (κ1) is 13.5. The number of nitro groups is 1. The minimum Gasteiger partial charge on any atom is -0.258 e. The highest BCUT2D eigenvalue weighted by Gasteiger charge is 2.27. The first-order valence-corrected chi connectivity index (χ1v) is 6.49. The van der Waals surface area contributed by atoms with Crippen molar-refractivity contribution in [3.63, 3.8) is 0 Å². The molecule has 0 saturated carbocycles. The molecular formula is C13H14ClN3O2. The van der Waals surface area contributed by atoms with Gasteiger partial charge in [0.25, 0.3) is 0 Å². The van der Waals surface area contributed by atoms with E-state index in [0.717, 1.165) is 12.8 Å². The van der Waals surface area contributed by atoms with Crippen LogP contribution >= 0.6 is 11.6 Å². The van der Waals surface area contributed by atoms with Gasteiger partial charge in [0.15, 0.2) is 5.69 Å². The van der Waals surface area contributed by atoms with E-state index in [1.54, 1.807) is 12.1 Å². The number of halogens is 1. The molecule has 19 heavy (non-hydrogen) atoms. The van der Waals surface area contributed by atoms with Gasteiger partial charge in [-0.3, -0.25) is 10.1 Å². The van der Waals surface area contributed by atoms with Gasteiger partial charge in [0, 0.05) is 12.1 Å². The van der Waals surface area contributed by atoms with E-state index in [2.05, 4.69) is 5.10 Å². The molecule has 2 rings (SSSR count). The van der Waals surface area contributed by atoms with Crippen LogP contribution < -0.4 is 0 Å². The summed E-state index contributed by atoms with van der Waals surface area (Å²) in [5.41, 5.74) is 0.905. The SMILES string of the molecule is CCCCn1nc(-c2ccccc2)c([N+](=O)[O-])c1Cl. The molecule has 0 spiro atoms. The van der Waals surface area contributed by atoms with Gasteiger partial charge in [-0.05, 0) is 6.42 Å². The second-order valence-corrected chi connectivity index (χ2v) is 4.55. The summed E-state index contributed by atoms with van der Waals surface area (Å²) in [4.78, 5) is 10.7. The third-order valence-corrected chi connectivity index (χ3v) is 3.19. The monoisotopic (exact) mass is 279 g/mol. The third-order valence-electron chi connectivity index (χ3n) is 2.82. The maximum Gasteiger partial charge on any atom is 0.333 e. The maximum atomic E-state index is 11.2. The Morgan fingerprint density at radius 3 is 2.63 bits per heavy atom. The number of aromatic nitrogens is 2. The van der Waals surface area contributed by atoms with Crippen LogP contribution in [0.5, 0.6) is 0 Å². The number of rotatable bonds is 5. The number of aryl methyl sites for hydroxylation is 1. The molecule has 5 nitrogen and oxygen atoms in total. The molecule has 2 aromatic rings. The molecule has 0 radical (unpaired) electrons. The van der Waals surface area contributed by atoms with Gasteiger partial charge in [-0.25, -0.2) is 4.68 Å². The van der Waals surface area contributed by atoms with E-state index >= 15 is 0 Å². The molecule has 0 atom stereocenters. The van der Waals surface area contributed by atoms with Crippen molar-refractivity contribution in [3.8, 4) is 11.3 Å². The van der Waals surface area contributed by atoms with E-state index in [-0.39, 0.29) is 10.8 Å². The van der Waals surface area contributed by atoms with E-state index in [1.807, 2.05) is 25.1 Å². The van der Waals surface area contributed by atoms with Gasteiger partial charge >= 0.3 is 5.69 Å². The zero-order valence-electron chi connectivity index (χ0n) is 10.5.